The zero-order chi connectivity index (χ0) is 11.3. The molecule has 1 aromatic rings. The molecule has 1 N–H and O–H groups in total. The van der Waals surface area contributed by atoms with Crippen molar-refractivity contribution in [1.82, 2.24) is 0 Å². The molecule has 0 aromatic heterocycles. The third kappa shape index (κ3) is 4.73. The van der Waals surface area contributed by atoms with Crippen molar-refractivity contribution in [2.24, 2.45) is 0 Å². The monoisotopic (exact) mass is 276 g/mol. The largest absolute Gasteiger partial charge is 0.393 e. The highest BCUT2D eigenvalue weighted by Crippen LogP contribution is 2.16. The fraction of sp³-hybridized carbons (Fsp3) is 0.455. The fourth-order valence-electron chi connectivity index (χ4n) is 1.36. The summed E-state index contributed by atoms with van der Waals surface area (Å²) in [5.41, 5.74) is 0.783. The zero-order valence-electron chi connectivity index (χ0n) is 8.54. The number of hydrogen-bond acceptors (Lipinski definition) is 2. The lowest BCUT2D eigenvalue weighted by Crippen LogP contribution is -2.13. The van der Waals surface area contributed by atoms with Crippen molar-refractivity contribution < 1.29 is 14.2 Å². The van der Waals surface area contributed by atoms with Crippen LogP contribution in [0.5, 0.6) is 0 Å². The lowest BCUT2D eigenvalue weighted by Gasteiger charge is -2.10. The fourth-order valence-corrected chi connectivity index (χ4v) is 1.87. The first-order valence-corrected chi connectivity index (χ1v) is 5.53. The maximum absolute atomic E-state index is 13.0. The number of aliphatic hydroxyl groups excluding tert-OH is 1. The average molecular weight is 277 g/mol. The minimum absolute atomic E-state index is 0.293. The van der Waals surface area contributed by atoms with Gasteiger partial charge in [-0.05, 0) is 36.6 Å². The van der Waals surface area contributed by atoms with Gasteiger partial charge in [-0.25, -0.2) is 4.39 Å². The van der Waals surface area contributed by atoms with Crippen LogP contribution in [-0.2, 0) is 11.2 Å². The lowest BCUT2D eigenvalue weighted by atomic mass is 10.1. The van der Waals surface area contributed by atoms with Gasteiger partial charge in [0.05, 0.1) is 6.10 Å². The second kappa shape index (κ2) is 6.20. The second-order valence-corrected chi connectivity index (χ2v) is 4.33. The molecule has 0 saturated carbocycles. The van der Waals surface area contributed by atoms with Gasteiger partial charge in [-0.2, -0.15) is 0 Å². The Labute approximate surface area is 97.2 Å². The molecule has 0 fully saturated rings. The summed E-state index contributed by atoms with van der Waals surface area (Å²) < 4.78 is 18.5. The van der Waals surface area contributed by atoms with E-state index in [1.165, 1.54) is 12.1 Å². The number of hydrogen-bond donors (Lipinski definition) is 1. The van der Waals surface area contributed by atoms with Crippen LogP contribution in [-0.4, -0.2) is 24.9 Å². The van der Waals surface area contributed by atoms with Crippen molar-refractivity contribution in [3.05, 3.63) is 34.1 Å². The van der Waals surface area contributed by atoms with Crippen molar-refractivity contribution in [2.45, 2.75) is 18.9 Å². The van der Waals surface area contributed by atoms with Gasteiger partial charge in [0, 0.05) is 18.2 Å². The van der Waals surface area contributed by atoms with Crippen molar-refractivity contribution in [2.75, 3.05) is 13.7 Å². The molecule has 1 rings (SSSR count). The molecule has 0 aliphatic rings. The Morgan fingerprint density at radius 2 is 2.20 bits per heavy atom. The zero-order valence-corrected chi connectivity index (χ0v) is 10.1. The molecule has 0 aliphatic carbocycles. The van der Waals surface area contributed by atoms with Crippen LogP contribution in [0.1, 0.15) is 12.0 Å². The van der Waals surface area contributed by atoms with E-state index in [1.807, 2.05) is 0 Å². The van der Waals surface area contributed by atoms with Crippen LogP contribution < -0.4 is 0 Å². The number of benzene rings is 1. The Hall–Kier alpha value is -0.450. The Morgan fingerprint density at radius 3 is 2.80 bits per heavy atom. The van der Waals surface area contributed by atoms with Gasteiger partial charge in [0.2, 0.25) is 0 Å². The average Bonchev–Trinajstić information content (AvgIpc) is 2.13. The van der Waals surface area contributed by atoms with E-state index < -0.39 is 6.10 Å². The summed E-state index contributed by atoms with van der Waals surface area (Å²) in [5.74, 6) is -0.293. The SMILES string of the molecule is COCCC(O)Cc1cc(F)cc(Br)c1. The van der Waals surface area contributed by atoms with Gasteiger partial charge in [0.1, 0.15) is 5.82 Å². The predicted octanol–water partition coefficient (Wildman–Crippen LogP) is 2.53. The Bertz CT molecular complexity index is 297. The van der Waals surface area contributed by atoms with E-state index in [9.17, 15) is 9.50 Å². The summed E-state index contributed by atoms with van der Waals surface area (Å²) in [5, 5.41) is 9.60. The molecule has 4 heteroatoms. The molecule has 84 valence electrons. The number of rotatable bonds is 5. The maximum Gasteiger partial charge on any atom is 0.124 e. The predicted molar refractivity (Wildman–Crippen MR) is 60.3 cm³/mol. The summed E-state index contributed by atoms with van der Waals surface area (Å²) in [6.07, 6.45) is 0.517. The highest BCUT2D eigenvalue weighted by Gasteiger charge is 2.07. The second-order valence-electron chi connectivity index (χ2n) is 3.42. The molecular formula is C11H14BrFO2. The smallest absolute Gasteiger partial charge is 0.124 e. The van der Waals surface area contributed by atoms with Gasteiger partial charge in [-0.3, -0.25) is 0 Å². The molecule has 0 spiro atoms. The molecule has 15 heavy (non-hydrogen) atoms. The molecule has 0 bridgehead atoms. The van der Waals surface area contributed by atoms with Gasteiger partial charge < -0.3 is 9.84 Å². The van der Waals surface area contributed by atoms with Crippen LogP contribution in [0.15, 0.2) is 22.7 Å². The minimum atomic E-state index is -0.487. The summed E-state index contributed by atoms with van der Waals surface area (Å²) in [7, 11) is 1.59. The maximum atomic E-state index is 13.0. The molecule has 0 aliphatic heterocycles. The van der Waals surface area contributed by atoms with Gasteiger partial charge in [0.15, 0.2) is 0 Å². The van der Waals surface area contributed by atoms with Gasteiger partial charge >= 0.3 is 0 Å². The molecule has 1 atom stereocenters. The van der Waals surface area contributed by atoms with Crippen LogP contribution in [0.3, 0.4) is 0 Å². The number of methoxy groups -OCH3 is 1. The standard InChI is InChI=1S/C11H14BrFO2/c1-15-3-2-11(14)6-8-4-9(12)7-10(13)5-8/h4-5,7,11,14H,2-3,6H2,1H3. The first kappa shape index (κ1) is 12.6. The van der Waals surface area contributed by atoms with E-state index in [0.29, 0.717) is 23.9 Å². The summed E-state index contributed by atoms with van der Waals surface area (Å²) in [6.45, 7) is 0.512. The third-order valence-corrected chi connectivity index (χ3v) is 2.51. The van der Waals surface area contributed by atoms with E-state index in [1.54, 1.807) is 13.2 Å². The van der Waals surface area contributed by atoms with Crippen molar-refractivity contribution in [3.63, 3.8) is 0 Å². The summed E-state index contributed by atoms with van der Waals surface area (Å²) >= 11 is 3.21. The van der Waals surface area contributed by atoms with Gasteiger partial charge in [-0.1, -0.05) is 15.9 Å². The van der Waals surface area contributed by atoms with Crippen molar-refractivity contribution >= 4 is 15.9 Å². The topological polar surface area (TPSA) is 29.5 Å². The van der Waals surface area contributed by atoms with Crippen molar-refractivity contribution in [1.29, 1.82) is 0 Å². The Balaban J connectivity index is 2.56. The van der Waals surface area contributed by atoms with Crippen LogP contribution in [0.25, 0.3) is 0 Å². The lowest BCUT2D eigenvalue weighted by molar-refractivity contribution is 0.110. The molecule has 0 heterocycles. The molecule has 0 amide bonds. The van der Waals surface area contributed by atoms with E-state index in [2.05, 4.69) is 15.9 Å². The first-order valence-electron chi connectivity index (χ1n) is 4.74. The first-order chi connectivity index (χ1) is 7.11. The highest BCUT2D eigenvalue weighted by atomic mass is 79.9. The summed E-state index contributed by atoms with van der Waals surface area (Å²) in [6, 6.07) is 4.63. The van der Waals surface area contributed by atoms with E-state index in [0.717, 1.165) is 5.56 Å². The van der Waals surface area contributed by atoms with Crippen LogP contribution in [0.2, 0.25) is 0 Å². The van der Waals surface area contributed by atoms with Gasteiger partial charge in [0.25, 0.3) is 0 Å². The Morgan fingerprint density at radius 1 is 1.47 bits per heavy atom. The normalized spacial score (nSPS) is 12.8. The van der Waals surface area contributed by atoms with Crippen molar-refractivity contribution in [3.8, 4) is 0 Å². The number of ether oxygens (including phenoxy) is 1. The number of aliphatic hydroxyl groups is 1. The quantitative estimate of drug-likeness (QED) is 0.896. The molecular weight excluding hydrogens is 263 g/mol. The molecule has 0 radical (unpaired) electrons. The van der Waals surface area contributed by atoms with Gasteiger partial charge in [-0.15, -0.1) is 0 Å². The number of halogens is 2. The Kier molecular flexibility index (Phi) is 5.22. The highest BCUT2D eigenvalue weighted by molar-refractivity contribution is 9.10. The summed E-state index contributed by atoms with van der Waals surface area (Å²) in [4.78, 5) is 0. The van der Waals surface area contributed by atoms with Crippen LogP contribution in [0, 0.1) is 5.82 Å². The van der Waals surface area contributed by atoms with E-state index in [4.69, 9.17) is 4.74 Å². The molecule has 1 aromatic carbocycles. The van der Waals surface area contributed by atoms with Crippen LogP contribution in [0.4, 0.5) is 4.39 Å². The van der Waals surface area contributed by atoms with Crippen LogP contribution >= 0.6 is 15.9 Å². The molecule has 0 saturated heterocycles. The molecule has 1 unspecified atom stereocenters. The minimum Gasteiger partial charge on any atom is -0.393 e. The third-order valence-electron chi connectivity index (χ3n) is 2.05. The van der Waals surface area contributed by atoms with E-state index >= 15 is 0 Å². The molecule has 2 nitrogen and oxygen atoms in total. The van der Waals surface area contributed by atoms with E-state index in [-0.39, 0.29) is 5.82 Å².